The van der Waals surface area contributed by atoms with Crippen LogP contribution in [0.2, 0.25) is 0 Å². The number of hydrogen-bond acceptors (Lipinski definition) is 7. The maximum atomic E-state index is 12.2. The lowest BCUT2D eigenvalue weighted by Gasteiger charge is -2.25. The number of fused-ring (bicyclic) bond motifs is 1. The minimum atomic E-state index is -0.139. The fourth-order valence-electron chi connectivity index (χ4n) is 3.55. The molecule has 2 aromatic heterocycles. The van der Waals surface area contributed by atoms with E-state index in [-0.39, 0.29) is 11.7 Å². The molecule has 0 radical (unpaired) electrons. The summed E-state index contributed by atoms with van der Waals surface area (Å²) in [6.45, 7) is 4.82. The van der Waals surface area contributed by atoms with E-state index in [4.69, 9.17) is 9.47 Å². The van der Waals surface area contributed by atoms with Gasteiger partial charge in [0.2, 0.25) is 4.96 Å². The van der Waals surface area contributed by atoms with E-state index in [1.165, 1.54) is 21.9 Å². The van der Waals surface area contributed by atoms with Crippen LogP contribution in [0.1, 0.15) is 29.1 Å². The molecule has 0 aliphatic carbocycles. The number of para-hydroxylation sites is 1. The van der Waals surface area contributed by atoms with Crippen LogP contribution in [-0.2, 0) is 17.8 Å². The summed E-state index contributed by atoms with van der Waals surface area (Å²) < 4.78 is 12.8. The van der Waals surface area contributed by atoms with Gasteiger partial charge in [-0.1, -0.05) is 29.5 Å². The van der Waals surface area contributed by atoms with Crippen molar-refractivity contribution in [2.75, 3.05) is 20.3 Å². The summed E-state index contributed by atoms with van der Waals surface area (Å²) in [5.41, 5.74) is 1.70. The van der Waals surface area contributed by atoms with Gasteiger partial charge in [-0.05, 0) is 25.8 Å². The molecule has 1 aliphatic heterocycles. The molecule has 1 fully saturated rings. The highest BCUT2D eigenvalue weighted by Crippen LogP contribution is 2.23. The van der Waals surface area contributed by atoms with Crippen molar-refractivity contribution in [2.45, 2.75) is 39.0 Å². The Kier molecular flexibility index (Phi) is 5.70. The first-order valence-electron chi connectivity index (χ1n) is 9.44. The molecule has 0 amide bonds. The highest BCUT2D eigenvalue weighted by Gasteiger charge is 2.22. The molecule has 0 N–H and O–H groups in total. The smallest absolute Gasteiger partial charge is 0.275 e. The lowest BCUT2D eigenvalue weighted by molar-refractivity contribution is 0.0675. The number of aryl methyl sites for hydroxylation is 1. The van der Waals surface area contributed by atoms with Gasteiger partial charge in [0.05, 0.1) is 19.8 Å². The number of hydrogen-bond donors (Lipinski definition) is 0. The zero-order chi connectivity index (χ0) is 19.5. The second-order valence-corrected chi connectivity index (χ2v) is 8.08. The van der Waals surface area contributed by atoms with E-state index in [0.29, 0.717) is 17.2 Å². The minimum absolute atomic E-state index is 0.139. The first-order valence-corrected chi connectivity index (χ1v) is 10.3. The lowest BCUT2D eigenvalue weighted by Crippen LogP contribution is -2.31. The molecule has 3 aromatic rings. The van der Waals surface area contributed by atoms with E-state index in [0.717, 1.165) is 48.9 Å². The second kappa shape index (κ2) is 8.38. The Hall–Kier alpha value is -2.29. The Balaban J connectivity index is 1.59. The third-order valence-corrected chi connectivity index (χ3v) is 5.74. The van der Waals surface area contributed by atoms with Crippen molar-refractivity contribution >= 4 is 16.3 Å². The summed E-state index contributed by atoms with van der Waals surface area (Å²) in [5, 5.41) is 5.36. The highest BCUT2D eigenvalue weighted by atomic mass is 32.1. The van der Waals surface area contributed by atoms with E-state index >= 15 is 0 Å². The van der Waals surface area contributed by atoms with Gasteiger partial charge in [-0.25, -0.2) is 4.98 Å². The summed E-state index contributed by atoms with van der Waals surface area (Å²) >= 11 is 1.46. The number of benzene rings is 1. The van der Waals surface area contributed by atoms with Crippen LogP contribution >= 0.6 is 11.3 Å². The Morgan fingerprint density at radius 1 is 1.36 bits per heavy atom. The van der Waals surface area contributed by atoms with Crippen molar-refractivity contribution in [3.05, 3.63) is 57.0 Å². The van der Waals surface area contributed by atoms with Crippen LogP contribution in [0.5, 0.6) is 5.75 Å². The third-order valence-electron chi connectivity index (χ3n) is 4.85. The Labute approximate surface area is 167 Å². The molecule has 28 heavy (non-hydrogen) atoms. The zero-order valence-electron chi connectivity index (χ0n) is 16.1. The van der Waals surface area contributed by atoms with Crippen molar-refractivity contribution in [3.8, 4) is 5.75 Å². The van der Waals surface area contributed by atoms with Crippen LogP contribution in [0.3, 0.4) is 0 Å². The number of nitrogens with zero attached hydrogens (tertiary/aromatic N) is 4. The van der Waals surface area contributed by atoms with Gasteiger partial charge in [0.15, 0.2) is 0 Å². The molecule has 0 saturated carbocycles. The summed E-state index contributed by atoms with van der Waals surface area (Å²) in [6.07, 6.45) is 2.40. The monoisotopic (exact) mass is 400 g/mol. The molecule has 4 rings (SSSR count). The number of aromatic nitrogens is 3. The van der Waals surface area contributed by atoms with Crippen molar-refractivity contribution in [3.63, 3.8) is 0 Å². The quantitative estimate of drug-likeness (QED) is 0.607. The molecule has 1 unspecified atom stereocenters. The standard InChI is InChI=1S/C20H24N4O3S/c1-14-10-19(25)24-20(21-14)28-18(22-24)13-23(12-16-7-5-9-27-16)11-15-6-3-4-8-17(15)26-2/h3-4,6,8,10,16H,5,7,9,11-13H2,1-2H3. The average molecular weight is 401 g/mol. The SMILES string of the molecule is COc1ccccc1CN(Cc1nn2c(=O)cc(C)nc2s1)CC1CCCO1. The van der Waals surface area contributed by atoms with Crippen molar-refractivity contribution < 1.29 is 9.47 Å². The maximum Gasteiger partial charge on any atom is 0.275 e. The van der Waals surface area contributed by atoms with Gasteiger partial charge in [-0.3, -0.25) is 9.69 Å². The summed E-state index contributed by atoms with van der Waals surface area (Å²) in [4.78, 5) is 19.5. The molecule has 7 nitrogen and oxygen atoms in total. The van der Waals surface area contributed by atoms with Crippen LogP contribution in [0.15, 0.2) is 35.1 Å². The molecule has 1 saturated heterocycles. The largest absolute Gasteiger partial charge is 0.496 e. The lowest BCUT2D eigenvalue weighted by atomic mass is 10.1. The topological polar surface area (TPSA) is 69.0 Å². The van der Waals surface area contributed by atoms with E-state index in [1.54, 1.807) is 7.11 Å². The molecular weight excluding hydrogens is 376 g/mol. The van der Waals surface area contributed by atoms with Gasteiger partial charge >= 0.3 is 0 Å². The Morgan fingerprint density at radius 3 is 3.00 bits per heavy atom. The van der Waals surface area contributed by atoms with Crippen molar-refractivity contribution in [1.82, 2.24) is 19.5 Å². The normalized spacial score (nSPS) is 16.9. The second-order valence-electron chi connectivity index (χ2n) is 7.04. The van der Waals surface area contributed by atoms with Gasteiger partial charge in [-0.2, -0.15) is 9.61 Å². The van der Waals surface area contributed by atoms with Gasteiger partial charge < -0.3 is 9.47 Å². The number of rotatable bonds is 7. The molecule has 1 aliphatic rings. The molecule has 0 spiro atoms. The maximum absolute atomic E-state index is 12.2. The predicted octanol–water partition coefficient (Wildman–Crippen LogP) is 2.65. The van der Waals surface area contributed by atoms with Crippen molar-refractivity contribution in [2.24, 2.45) is 0 Å². The van der Waals surface area contributed by atoms with Gasteiger partial charge in [0.25, 0.3) is 5.56 Å². The van der Waals surface area contributed by atoms with Gasteiger partial charge in [0.1, 0.15) is 10.8 Å². The van der Waals surface area contributed by atoms with E-state index < -0.39 is 0 Å². The first-order chi connectivity index (χ1) is 13.6. The summed E-state index contributed by atoms with van der Waals surface area (Å²) in [5.74, 6) is 0.873. The number of methoxy groups -OCH3 is 1. The molecule has 3 heterocycles. The van der Waals surface area contributed by atoms with Crippen LogP contribution in [0, 0.1) is 6.92 Å². The molecular formula is C20H24N4O3S. The van der Waals surface area contributed by atoms with Gasteiger partial charge in [-0.15, -0.1) is 0 Å². The van der Waals surface area contributed by atoms with Crippen LogP contribution in [0.4, 0.5) is 0 Å². The molecule has 148 valence electrons. The average Bonchev–Trinajstić information content (AvgIpc) is 3.31. The van der Waals surface area contributed by atoms with E-state index in [9.17, 15) is 4.79 Å². The zero-order valence-corrected chi connectivity index (χ0v) is 16.9. The Bertz CT molecular complexity index is 1010. The molecule has 0 bridgehead atoms. The van der Waals surface area contributed by atoms with Crippen LogP contribution in [-0.4, -0.2) is 45.9 Å². The minimum Gasteiger partial charge on any atom is -0.496 e. The molecule has 1 aromatic carbocycles. The molecule has 8 heteroatoms. The molecule has 1 atom stereocenters. The van der Waals surface area contributed by atoms with Crippen LogP contribution in [0.25, 0.3) is 4.96 Å². The summed E-state index contributed by atoms with van der Waals surface area (Å²) in [6, 6.07) is 9.56. The van der Waals surface area contributed by atoms with Crippen molar-refractivity contribution in [1.29, 1.82) is 0 Å². The number of ether oxygens (including phenoxy) is 2. The predicted molar refractivity (Wildman–Crippen MR) is 108 cm³/mol. The fraction of sp³-hybridized carbons (Fsp3) is 0.450. The highest BCUT2D eigenvalue weighted by molar-refractivity contribution is 7.16. The van der Waals surface area contributed by atoms with E-state index in [1.807, 2.05) is 25.1 Å². The fourth-order valence-corrected chi connectivity index (χ4v) is 4.54. The third kappa shape index (κ3) is 4.24. The van der Waals surface area contributed by atoms with Gasteiger partial charge in [0, 0.05) is 37.0 Å². The van der Waals surface area contributed by atoms with E-state index in [2.05, 4.69) is 21.0 Å². The summed E-state index contributed by atoms with van der Waals surface area (Å²) in [7, 11) is 1.69. The Morgan fingerprint density at radius 2 is 2.21 bits per heavy atom. The first kappa shape index (κ1) is 19.0. The van der Waals surface area contributed by atoms with Crippen LogP contribution < -0.4 is 10.3 Å².